The number of rotatable bonds is 7. The molecule has 5 rings (SSSR count). The molecule has 8 nitrogen and oxygen atoms in total. The zero-order valence-corrected chi connectivity index (χ0v) is 22.9. The predicted octanol–water partition coefficient (Wildman–Crippen LogP) is 6.19. The maximum atomic E-state index is 13.7. The first kappa shape index (κ1) is 27.5. The molecule has 0 saturated carbocycles. The number of barbiturate groups is 1. The van der Waals surface area contributed by atoms with E-state index in [1.807, 2.05) is 0 Å². The molecule has 1 fully saturated rings. The van der Waals surface area contributed by atoms with Crippen LogP contribution in [0.2, 0.25) is 0 Å². The zero-order chi connectivity index (χ0) is 28.9. The van der Waals surface area contributed by atoms with Crippen molar-refractivity contribution in [3.8, 4) is 5.75 Å². The Morgan fingerprint density at radius 2 is 1.37 bits per heavy atom. The lowest BCUT2D eigenvalue weighted by atomic mass is 10.0. The molecular weight excluding hydrogens is 593 g/mol. The highest BCUT2D eigenvalue weighted by atomic mass is 79.9. The molecule has 0 atom stereocenters. The van der Waals surface area contributed by atoms with Crippen LogP contribution < -0.4 is 19.9 Å². The molecule has 0 bridgehead atoms. The van der Waals surface area contributed by atoms with Gasteiger partial charge < -0.3 is 10.1 Å². The average Bonchev–Trinajstić information content (AvgIpc) is 2.97. The molecule has 5 amide bonds. The third-order valence-electron chi connectivity index (χ3n) is 6.04. The van der Waals surface area contributed by atoms with E-state index in [0.717, 1.165) is 9.80 Å². The fourth-order valence-corrected chi connectivity index (χ4v) is 4.51. The number of anilines is 3. The summed E-state index contributed by atoms with van der Waals surface area (Å²) < 4.78 is 19.5. The van der Waals surface area contributed by atoms with Crippen molar-refractivity contribution in [1.82, 2.24) is 0 Å². The fraction of sp³-hybridized carbons (Fsp3) is 0.0323. The van der Waals surface area contributed by atoms with Crippen molar-refractivity contribution in [3.05, 3.63) is 125 Å². The number of urea groups is 1. The summed E-state index contributed by atoms with van der Waals surface area (Å²) in [5.41, 5.74) is 1.02. The molecule has 41 heavy (non-hydrogen) atoms. The van der Waals surface area contributed by atoms with E-state index in [1.165, 1.54) is 30.3 Å². The smallest absolute Gasteiger partial charge is 0.343 e. The van der Waals surface area contributed by atoms with Crippen LogP contribution in [0.1, 0.15) is 5.56 Å². The Bertz CT molecular complexity index is 1600. The highest BCUT2D eigenvalue weighted by Gasteiger charge is 2.43. The van der Waals surface area contributed by atoms with Gasteiger partial charge in [0.2, 0.25) is 0 Å². The minimum absolute atomic E-state index is 0.213. The molecule has 4 aromatic rings. The molecule has 204 valence electrons. The number of para-hydroxylation sites is 2. The highest BCUT2D eigenvalue weighted by molar-refractivity contribution is 9.10. The second-order valence-electron chi connectivity index (χ2n) is 8.82. The summed E-state index contributed by atoms with van der Waals surface area (Å²) in [6.07, 6.45) is 1.33. The molecule has 1 aliphatic heterocycles. The maximum Gasteiger partial charge on any atom is 0.343 e. The van der Waals surface area contributed by atoms with Gasteiger partial charge in [-0.15, -0.1) is 0 Å². The number of imide groups is 2. The molecule has 0 aromatic heterocycles. The summed E-state index contributed by atoms with van der Waals surface area (Å²) >= 11 is 3.39. The molecule has 1 N–H and O–H groups in total. The molecule has 0 radical (unpaired) electrons. The van der Waals surface area contributed by atoms with E-state index < -0.39 is 36.2 Å². The number of hydrogen-bond donors (Lipinski definition) is 1. The number of carbonyl (C=O) groups is 4. The number of halogens is 2. The molecule has 10 heteroatoms. The Balaban J connectivity index is 1.49. The molecule has 1 saturated heterocycles. The summed E-state index contributed by atoms with van der Waals surface area (Å²) in [5, 5.41) is 2.60. The average molecular weight is 614 g/mol. The van der Waals surface area contributed by atoms with Crippen molar-refractivity contribution in [3.63, 3.8) is 0 Å². The van der Waals surface area contributed by atoms with Crippen molar-refractivity contribution in [1.29, 1.82) is 0 Å². The highest BCUT2D eigenvalue weighted by Crippen LogP contribution is 2.32. The summed E-state index contributed by atoms with van der Waals surface area (Å²) in [6.45, 7) is -0.401. The van der Waals surface area contributed by atoms with Crippen LogP contribution in [-0.2, 0) is 14.4 Å². The van der Waals surface area contributed by atoms with Gasteiger partial charge in [-0.1, -0.05) is 52.3 Å². The monoisotopic (exact) mass is 613 g/mol. The number of amides is 5. The van der Waals surface area contributed by atoms with Crippen molar-refractivity contribution < 1.29 is 28.3 Å². The zero-order valence-electron chi connectivity index (χ0n) is 21.3. The van der Waals surface area contributed by atoms with E-state index in [0.29, 0.717) is 27.1 Å². The minimum Gasteiger partial charge on any atom is -0.483 e. The van der Waals surface area contributed by atoms with Gasteiger partial charge >= 0.3 is 6.03 Å². The SMILES string of the molecule is O=C(COc1ccc(Br)cc1C=C1C(=O)N(c2ccccc2)C(=O)N(c2ccccc2)C1=O)Nc1ccc(F)cc1. The standard InChI is InChI=1S/C31H21BrFN3O5/c32-21-11-16-27(41-19-28(37)34-23-14-12-22(33)13-15-23)20(17-21)18-26-29(38)35(24-7-3-1-4-8-24)31(40)36(30(26)39)25-9-5-2-6-10-25/h1-18H,19H2,(H,34,37). The summed E-state index contributed by atoms with van der Waals surface area (Å²) in [7, 11) is 0. The van der Waals surface area contributed by atoms with Gasteiger partial charge in [-0.25, -0.2) is 19.0 Å². The summed E-state index contributed by atoms with van der Waals surface area (Å²) in [4.78, 5) is 55.2. The molecular formula is C31H21BrFN3O5. The van der Waals surface area contributed by atoms with Gasteiger partial charge in [0.25, 0.3) is 17.7 Å². The van der Waals surface area contributed by atoms with E-state index in [2.05, 4.69) is 21.2 Å². The van der Waals surface area contributed by atoms with Crippen LogP contribution in [0.5, 0.6) is 5.75 Å². The van der Waals surface area contributed by atoms with E-state index in [-0.39, 0.29) is 11.3 Å². The predicted molar refractivity (Wildman–Crippen MR) is 156 cm³/mol. The van der Waals surface area contributed by atoms with Gasteiger partial charge in [-0.05, 0) is 72.8 Å². The van der Waals surface area contributed by atoms with Gasteiger partial charge in [0, 0.05) is 15.7 Å². The number of carbonyl (C=O) groups excluding carboxylic acids is 4. The number of benzene rings is 4. The summed E-state index contributed by atoms with van der Waals surface area (Å²) in [6, 6.07) is 25.9. The van der Waals surface area contributed by atoms with E-state index in [9.17, 15) is 23.6 Å². The molecule has 0 spiro atoms. The van der Waals surface area contributed by atoms with Gasteiger partial charge in [0.15, 0.2) is 6.61 Å². The van der Waals surface area contributed by atoms with Gasteiger partial charge in [0.1, 0.15) is 17.1 Å². The molecule has 1 heterocycles. The van der Waals surface area contributed by atoms with E-state index in [4.69, 9.17) is 4.74 Å². The van der Waals surface area contributed by atoms with Crippen LogP contribution in [0.4, 0.5) is 26.2 Å². The lowest BCUT2D eigenvalue weighted by Gasteiger charge is -2.34. The van der Waals surface area contributed by atoms with Gasteiger partial charge in [-0.2, -0.15) is 0 Å². The van der Waals surface area contributed by atoms with Crippen LogP contribution in [-0.4, -0.2) is 30.4 Å². The first-order valence-corrected chi connectivity index (χ1v) is 13.1. The van der Waals surface area contributed by atoms with Crippen molar-refractivity contribution in [2.45, 2.75) is 0 Å². The Kier molecular flexibility index (Phi) is 8.02. The first-order chi connectivity index (χ1) is 19.8. The van der Waals surface area contributed by atoms with Crippen LogP contribution in [0.3, 0.4) is 0 Å². The second kappa shape index (κ2) is 12.0. The summed E-state index contributed by atoms with van der Waals surface area (Å²) in [5.74, 6) is -2.34. The van der Waals surface area contributed by atoms with Crippen molar-refractivity contribution in [2.75, 3.05) is 21.7 Å². The topological polar surface area (TPSA) is 96.0 Å². The minimum atomic E-state index is -0.808. The van der Waals surface area contributed by atoms with E-state index >= 15 is 0 Å². The Morgan fingerprint density at radius 1 is 0.805 bits per heavy atom. The quantitative estimate of drug-likeness (QED) is 0.198. The molecule has 1 aliphatic rings. The largest absolute Gasteiger partial charge is 0.483 e. The molecule has 4 aromatic carbocycles. The molecule has 0 aliphatic carbocycles. The van der Waals surface area contributed by atoms with Crippen LogP contribution >= 0.6 is 15.9 Å². The first-order valence-electron chi connectivity index (χ1n) is 12.3. The number of hydrogen-bond acceptors (Lipinski definition) is 5. The lowest BCUT2D eigenvalue weighted by Crippen LogP contribution is -2.57. The number of nitrogens with zero attached hydrogens (tertiary/aromatic N) is 2. The Morgan fingerprint density at radius 3 is 1.93 bits per heavy atom. The van der Waals surface area contributed by atoms with Crippen LogP contribution in [0.25, 0.3) is 6.08 Å². The number of ether oxygens (including phenoxy) is 1. The maximum absolute atomic E-state index is 13.7. The third-order valence-corrected chi connectivity index (χ3v) is 6.53. The van der Waals surface area contributed by atoms with E-state index in [1.54, 1.807) is 78.9 Å². The Hall–Kier alpha value is -5.09. The Labute approximate surface area is 242 Å². The molecule has 0 unspecified atom stereocenters. The second-order valence-corrected chi connectivity index (χ2v) is 9.73. The number of nitrogens with one attached hydrogen (secondary N) is 1. The van der Waals surface area contributed by atoms with Crippen LogP contribution in [0, 0.1) is 5.82 Å². The third kappa shape index (κ3) is 6.07. The van der Waals surface area contributed by atoms with Gasteiger partial charge in [0.05, 0.1) is 11.4 Å². The van der Waals surface area contributed by atoms with Crippen LogP contribution in [0.15, 0.2) is 113 Å². The van der Waals surface area contributed by atoms with Gasteiger partial charge in [-0.3, -0.25) is 14.4 Å². The van der Waals surface area contributed by atoms with Crippen molar-refractivity contribution in [2.24, 2.45) is 0 Å². The fourth-order valence-electron chi connectivity index (χ4n) is 4.13. The van der Waals surface area contributed by atoms with Crippen molar-refractivity contribution >= 4 is 62.8 Å². The normalized spacial score (nSPS) is 13.3. The lowest BCUT2D eigenvalue weighted by molar-refractivity contribution is -0.121.